The van der Waals surface area contributed by atoms with E-state index in [0.29, 0.717) is 0 Å². The van der Waals surface area contributed by atoms with E-state index in [-0.39, 0.29) is 0 Å². The lowest BCUT2D eigenvalue weighted by Gasteiger charge is -2.17. The number of hydrogen-bond acceptors (Lipinski definition) is 5. The second kappa shape index (κ2) is 4.66. The quantitative estimate of drug-likeness (QED) is 0.411. The summed E-state index contributed by atoms with van der Waals surface area (Å²) >= 11 is 0. The van der Waals surface area contributed by atoms with Crippen molar-refractivity contribution in [2.24, 2.45) is 0 Å². The summed E-state index contributed by atoms with van der Waals surface area (Å²) in [5.41, 5.74) is 0. The minimum Gasteiger partial charge on any atom is -0.282 e. The van der Waals surface area contributed by atoms with Gasteiger partial charge in [0.1, 0.15) is 6.20 Å². The molecule has 66 valence electrons. The monoisotopic (exact) mass is 193 g/mol. The Kier molecular flexibility index (Phi) is 4.20. The third kappa shape index (κ3) is 8.83. The van der Waals surface area contributed by atoms with Crippen LogP contribution in [-0.2, 0) is 0 Å². The summed E-state index contributed by atoms with van der Waals surface area (Å²) in [6.07, 6.45) is 6.78. The maximum Gasteiger partial charge on any atom is 0.375 e. The molecule has 0 radical (unpaired) electrons. The van der Waals surface area contributed by atoms with E-state index >= 15 is 0 Å². The Balaban J connectivity index is 0.000000217. The van der Waals surface area contributed by atoms with Crippen molar-refractivity contribution in [2.75, 3.05) is 0 Å². The lowest BCUT2D eigenvalue weighted by molar-refractivity contribution is -2.00. The molecule has 1 N–H and O–H groups in total. The molecule has 0 aliphatic carbocycles. The molecule has 7 nitrogen and oxygen atoms in total. The zero-order valence-corrected chi connectivity index (χ0v) is 6.39. The van der Waals surface area contributed by atoms with Crippen LogP contribution in [-0.4, -0.2) is 4.98 Å². The van der Waals surface area contributed by atoms with Crippen molar-refractivity contribution in [2.45, 2.75) is 0 Å². The predicted octanol–water partition coefficient (Wildman–Crippen LogP) is -5.12. The fraction of sp³-hybridized carbons (Fsp3) is 0. The number of nitrogens with zero attached hydrogens (tertiary/aromatic N) is 2. The third-order valence-electron chi connectivity index (χ3n) is 0.660. The molecule has 1 aromatic heterocycles. The minimum absolute atomic E-state index is 1.38. The molecule has 0 bridgehead atoms. The molecule has 0 atom stereocenters. The number of hydrogen-bond donors (Lipinski definition) is 1. The van der Waals surface area contributed by atoms with Gasteiger partial charge in [-0.15, -0.1) is 10.2 Å². The lowest BCUT2D eigenvalue weighted by atomic mass is 10.9. The summed E-state index contributed by atoms with van der Waals surface area (Å²) in [5.74, 6) is 0. The van der Waals surface area contributed by atoms with Gasteiger partial charge in [0.05, 0.1) is 6.20 Å². The number of imidazole rings is 1. The van der Waals surface area contributed by atoms with Crippen molar-refractivity contribution >= 4 is 0 Å². The van der Waals surface area contributed by atoms with Gasteiger partial charge in [-0.3, -0.25) is 4.98 Å². The second-order valence-corrected chi connectivity index (χ2v) is 2.25. The second-order valence-electron chi connectivity index (χ2n) is 1.50. The van der Waals surface area contributed by atoms with Crippen molar-refractivity contribution in [3.63, 3.8) is 0 Å². The minimum atomic E-state index is -4.94. The van der Waals surface area contributed by atoms with Gasteiger partial charge in [-0.25, -0.2) is 18.6 Å². The molecule has 12 heavy (non-hydrogen) atoms. The van der Waals surface area contributed by atoms with E-state index in [1.54, 1.807) is 18.7 Å². The molecule has 0 amide bonds. The standard InChI is InChI=1S/C4H3N3.ClHO4/c5-3-7-2-1-6-4-7;2-1(3,4)5/h1-2,4H;(H,2,3,4,5). The Morgan fingerprint density at radius 3 is 2.00 bits per heavy atom. The zero-order chi connectivity index (χ0) is 9.61. The van der Waals surface area contributed by atoms with E-state index in [0.717, 1.165) is 0 Å². The van der Waals surface area contributed by atoms with Crippen LogP contribution in [0, 0.1) is 21.7 Å². The van der Waals surface area contributed by atoms with Crippen LogP contribution < -0.4 is 23.2 Å². The smallest absolute Gasteiger partial charge is 0.282 e. The van der Waals surface area contributed by atoms with Gasteiger partial charge >= 0.3 is 6.19 Å². The Hall–Kier alpha value is -1.17. The number of aromatic amines is 1. The van der Waals surface area contributed by atoms with Crippen LogP contribution in [0.5, 0.6) is 0 Å². The molecule has 8 heteroatoms. The van der Waals surface area contributed by atoms with Gasteiger partial charge in [-0.05, 0) is 0 Å². The largest absolute Gasteiger partial charge is 0.375 e. The Morgan fingerprint density at radius 1 is 1.33 bits per heavy atom. The first-order valence-corrected chi connectivity index (χ1v) is 3.73. The van der Waals surface area contributed by atoms with Crippen molar-refractivity contribution in [1.82, 2.24) is 4.98 Å². The van der Waals surface area contributed by atoms with Crippen molar-refractivity contribution in [3.8, 4) is 6.19 Å². The first-order chi connectivity index (χ1) is 5.43. The average molecular weight is 194 g/mol. The maximum absolute atomic E-state index is 8.49. The number of rotatable bonds is 0. The molecular formula is C4H4ClN3O4. The first kappa shape index (κ1) is 10.8. The highest BCUT2D eigenvalue weighted by Gasteiger charge is 1.85. The molecule has 1 aromatic rings. The fourth-order valence-electron chi connectivity index (χ4n) is 0.352. The molecule has 0 saturated carbocycles. The fourth-order valence-corrected chi connectivity index (χ4v) is 0.352. The first-order valence-electron chi connectivity index (χ1n) is 2.49. The predicted molar refractivity (Wildman–Crippen MR) is 22.0 cm³/mol. The summed E-state index contributed by atoms with van der Waals surface area (Å²) in [4.78, 5) is 2.72. The van der Waals surface area contributed by atoms with E-state index in [1.165, 1.54) is 4.57 Å². The van der Waals surface area contributed by atoms with Gasteiger partial charge in [0.25, 0.3) is 0 Å². The Labute approximate surface area is 69.5 Å². The van der Waals surface area contributed by atoms with E-state index in [4.69, 9.17) is 23.9 Å². The Bertz CT molecular complexity index is 242. The SMILES string of the molecule is N#C[n+]1cc[nH]c1.[O-][Cl+3]([O-])([O-])[O-]. The van der Waals surface area contributed by atoms with Gasteiger partial charge < -0.3 is 0 Å². The number of halogens is 1. The third-order valence-corrected chi connectivity index (χ3v) is 0.660. The molecule has 0 saturated heterocycles. The number of nitriles is 1. The van der Waals surface area contributed by atoms with Crippen molar-refractivity contribution in [3.05, 3.63) is 18.7 Å². The van der Waals surface area contributed by atoms with E-state index < -0.39 is 10.2 Å². The van der Waals surface area contributed by atoms with Crippen LogP contribution in [0.15, 0.2) is 18.7 Å². The number of H-pyrrole nitrogens is 1. The van der Waals surface area contributed by atoms with Gasteiger partial charge in [0, 0.05) is 5.26 Å². The average Bonchev–Trinajstić information content (AvgIpc) is 2.33. The highest BCUT2D eigenvalue weighted by atomic mass is 35.7. The normalized spacial score (nSPS) is 9.58. The van der Waals surface area contributed by atoms with Gasteiger partial charge in [0.15, 0.2) is 0 Å². The van der Waals surface area contributed by atoms with E-state index in [9.17, 15) is 0 Å². The van der Waals surface area contributed by atoms with E-state index in [2.05, 4.69) is 4.98 Å². The number of nitrogens with one attached hydrogen (secondary N) is 1. The molecule has 1 rings (SSSR count). The molecule has 0 aliphatic rings. The molecule has 0 fully saturated rings. The summed E-state index contributed by atoms with van der Waals surface area (Å²) in [6.45, 7) is 0. The zero-order valence-electron chi connectivity index (χ0n) is 5.64. The summed E-state index contributed by atoms with van der Waals surface area (Å²) in [7, 11) is -4.94. The maximum atomic E-state index is 8.49. The van der Waals surface area contributed by atoms with Crippen LogP contribution in [0.1, 0.15) is 0 Å². The summed E-state index contributed by atoms with van der Waals surface area (Å²) < 4.78 is 35.3. The van der Waals surface area contributed by atoms with Crippen LogP contribution in [0.2, 0.25) is 0 Å². The van der Waals surface area contributed by atoms with Gasteiger partial charge in [-0.1, -0.05) is 0 Å². The highest BCUT2D eigenvalue weighted by molar-refractivity contribution is 4.60. The lowest BCUT2D eigenvalue weighted by Crippen LogP contribution is -2.68. The molecule has 0 unspecified atom stereocenters. The molecule has 0 aromatic carbocycles. The van der Waals surface area contributed by atoms with Crippen molar-refractivity contribution < 1.29 is 33.4 Å². The van der Waals surface area contributed by atoms with Crippen LogP contribution in [0.25, 0.3) is 0 Å². The van der Waals surface area contributed by atoms with E-state index in [1.807, 2.05) is 6.19 Å². The van der Waals surface area contributed by atoms with Crippen LogP contribution in [0.3, 0.4) is 0 Å². The summed E-state index contributed by atoms with van der Waals surface area (Å²) in [5, 5.41) is 8.12. The molecular weight excluding hydrogens is 190 g/mol. The van der Waals surface area contributed by atoms with Gasteiger partial charge in [-0.2, -0.15) is 4.57 Å². The number of aromatic nitrogens is 2. The highest BCUT2D eigenvalue weighted by Crippen LogP contribution is 1.61. The Morgan fingerprint density at radius 2 is 1.83 bits per heavy atom. The topological polar surface area (TPSA) is 136 Å². The molecule has 0 spiro atoms. The van der Waals surface area contributed by atoms with Crippen molar-refractivity contribution in [1.29, 1.82) is 5.26 Å². The summed E-state index contributed by atoms with van der Waals surface area (Å²) in [6, 6.07) is 0. The van der Waals surface area contributed by atoms with Crippen LogP contribution in [0.4, 0.5) is 0 Å². The van der Waals surface area contributed by atoms with Gasteiger partial charge in [0.2, 0.25) is 6.33 Å². The van der Waals surface area contributed by atoms with Crippen LogP contribution >= 0.6 is 0 Å². The molecule has 1 heterocycles. The molecule has 0 aliphatic heterocycles.